The number of carbonyl (C=O) groups excluding carboxylic acids is 1. The molecule has 0 spiro atoms. The van der Waals surface area contributed by atoms with Gasteiger partial charge >= 0.3 is 0 Å². The van der Waals surface area contributed by atoms with Gasteiger partial charge in [0.05, 0.1) is 0 Å². The highest BCUT2D eigenvalue weighted by molar-refractivity contribution is 6.10. The fourth-order valence-electron chi connectivity index (χ4n) is 2.08. The van der Waals surface area contributed by atoms with Crippen LogP contribution in [-0.2, 0) is 4.79 Å². The van der Waals surface area contributed by atoms with E-state index in [1.807, 2.05) is 38.1 Å². The Morgan fingerprint density at radius 3 is 2.27 bits per heavy atom. The topological polar surface area (TPSA) is 73.1 Å². The van der Waals surface area contributed by atoms with Crippen molar-refractivity contribution in [3.8, 4) is 11.8 Å². The van der Waals surface area contributed by atoms with Crippen molar-refractivity contribution in [2.45, 2.75) is 13.8 Å². The van der Waals surface area contributed by atoms with Crippen LogP contribution in [0, 0.1) is 25.2 Å². The van der Waals surface area contributed by atoms with Crippen LogP contribution >= 0.6 is 0 Å². The summed E-state index contributed by atoms with van der Waals surface area (Å²) < 4.78 is 0. The van der Waals surface area contributed by atoms with Crippen molar-refractivity contribution in [3.63, 3.8) is 0 Å². The van der Waals surface area contributed by atoms with Crippen molar-refractivity contribution in [1.29, 1.82) is 5.26 Å². The van der Waals surface area contributed by atoms with E-state index in [1.165, 1.54) is 18.2 Å². The molecule has 4 heteroatoms. The van der Waals surface area contributed by atoms with Gasteiger partial charge in [0, 0.05) is 5.69 Å². The predicted molar refractivity (Wildman–Crippen MR) is 86.2 cm³/mol. The molecule has 2 N–H and O–H groups in total. The zero-order valence-corrected chi connectivity index (χ0v) is 12.4. The third-order valence-electron chi connectivity index (χ3n) is 3.29. The van der Waals surface area contributed by atoms with Crippen molar-refractivity contribution in [2.24, 2.45) is 0 Å². The maximum Gasteiger partial charge on any atom is 0.266 e. The van der Waals surface area contributed by atoms with Crippen LogP contribution < -0.4 is 5.32 Å². The first-order valence-corrected chi connectivity index (χ1v) is 6.79. The van der Waals surface area contributed by atoms with Gasteiger partial charge in [-0.2, -0.15) is 5.26 Å². The average Bonchev–Trinajstić information content (AvgIpc) is 2.50. The number of hydrogen-bond donors (Lipinski definition) is 2. The number of phenolic OH excluding ortho intramolecular Hbond substituents is 1. The van der Waals surface area contributed by atoms with Crippen LogP contribution in [0.3, 0.4) is 0 Å². The number of hydrogen-bond acceptors (Lipinski definition) is 3. The van der Waals surface area contributed by atoms with Crippen LogP contribution in [0.25, 0.3) is 6.08 Å². The van der Waals surface area contributed by atoms with Gasteiger partial charge in [-0.05, 0) is 48.7 Å². The molecule has 0 bridgehead atoms. The van der Waals surface area contributed by atoms with E-state index in [4.69, 9.17) is 0 Å². The molecule has 2 aromatic rings. The molecule has 0 aromatic heterocycles. The van der Waals surface area contributed by atoms with Crippen LogP contribution in [0.1, 0.15) is 16.7 Å². The molecule has 2 rings (SSSR count). The molecule has 0 aliphatic carbocycles. The second-order valence-corrected chi connectivity index (χ2v) is 4.98. The van der Waals surface area contributed by atoms with Gasteiger partial charge in [0.25, 0.3) is 5.91 Å². The minimum atomic E-state index is -0.451. The van der Waals surface area contributed by atoms with Gasteiger partial charge in [0.1, 0.15) is 17.4 Å². The van der Waals surface area contributed by atoms with E-state index in [1.54, 1.807) is 12.1 Å². The van der Waals surface area contributed by atoms with Gasteiger partial charge in [-0.1, -0.05) is 30.3 Å². The van der Waals surface area contributed by atoms with E-state index >= 15 is 0 Å². The molecule has 1 amide bonds. The number of benzene rings is 2. The van der Waals surface area contributed by atoms with E-state index in [9.17, 15) is 15.2 Å². The van der Waals surface area contributed by atoms with Crippen LogP contribution in [0.5, 0.6) is 5.75 Å². The molecule has 0 saturated carbocycles. The second-order valence-electron chi connectivity index (χ2n) is 4.98. The number of nitrogens with zero attached hydrogens (tertiary/aromatic N) is 1. The molecule has 0 heterocycles. The molecule has 0 aliphatic rings. The third kappa shape index (κ3) is 3.53. The van der Waals surface area contributed by atoms with Crippen molar-refractivity contribution in [2.75, 3.05) is 5.32 Å². The molecule has 0 radical (unpaired) electrons. The van der Waals surface area contributed by atoms with E-state index in [0.29, 0.717) is 5.56 Å². The maximum absolute atomic E-state index is 12.3. The first-order chi connectivity index (χ1) is 10.5. The number of anilines is 1. The van der Waals surface area contributed by atoms with Crippen LogP contribution in [-0.4, -0.2) is 11.0 Å². The summed E-state index contributed by atoms with van der Waals surface area (Å²) in [5, 5.41) is 21.2. The summed E-state index contributed by atoms with van der Waals surface area (Å²) in [6.45, 7) is 3.80. The number of carbonyl (C=O) groups is 1. The maximum atomic E-state index is 12.3. The molecule has 0 fully saturated rings. The Morgan fingerprint density at radius 1 is 1.14 bits per heavy atom. The summed E-state index contributed by atoms with van der Waals surface area (Å²) in [7, 11) is 0. The standard InChI is InChI=1S/C18H16N2O2/c1-12-4-3-5-13(2)17(12)20-18(22)15(11-19)10-14-6-8-16(21)9-7-14/h3-10,21H,1-2H3,(H,20,22)/b15-10+. The highest BCUT2D eigenvalue weighted by atomic mass is 16.3. The molecule has 2 aromatic carbocycles. The van der Waals surface area contributed by atoms with Gasteiger partial charge in [-0.3, -0.25) is 4.79 Å². The SMILES string of the molecule is Cc1cccc(C)c1NC(=O)/C(C#N)=C/c1ccc(O)cc1. The first-order valence-electron chi connectivity index (χ1n) is 6.79. The normalized spacial score (nSPS) is 10.9. The van der Waals surface area contributed by atoms with Gasteiger partial charge in [0.15, 0.2) is 0 Å². The van der Waals surface area contributed by atoms with E-state index in [0.717, 1.165) is 16.8 Å². The molecule has 0 saturated heterocycles. The number of nitriles is 1. The summed E-state index contributed by atoms with van der Waals surface area (Å²) in [5.74, 6) is -0.316. The van der Waals surface area contributed by atoms with Gasteiger partial charge < -0.3 is 10.4 Å². The molecule has 22 heavy (non-hydrogen) atoms. The number of rotatable bonds is 3. The van der Waals surface area contributed by atoms with E-state index in [2.05, 4.69) is 5.32 Å². The number of para-hydroxylation sites is 1. The summed E-state index contributed by atoms with van der Waals surface area (Å²) in [4.78, 5) is 12.3. The number of phenols is 1. The average molecular weight is 292 g/mol. The monoisotopic (exact) mass is 292 g/mol. The van der Waals surface area contributed by atoms with Gasteiger partial charge in [-0.15, -0.1) is 0 Å². The van der Waals surface area contributed by atoms with Crippen LogP contribution in [0.2, 0.25) is 0 Å². The fourth-order valence-corrected chi connectivity index (χ4v) is 2.08. The minimum Gasteiger partial charge on any atom is -0.508 e. The zero-order valence-electron chi connectivity index (χ0n) is 12.4. The lowest BCUT2D eigenvalue weighted by Gasteiger charge is -2.10. The van der Waals surface area contributed by atoms with Crippen LogP contribution in [0.4, 0.5) is 5.69 Å². The Kier molecular flexibility index (Phi) is 4.60. The highest BCUT2D eigenvalue weighted by Gasteiger charge is 2.12. The molecule has 4 nitrogen and oxygen atoms in total. The quantitative estimate of drug-likeness (QED) is 0.671. The zero-order chi connectivity index (χ0) is 16.1. The summed E-state index contributed by atoms with van der Waals surface area (Å²) in [6, 6.07) is 13.9. The molecular weight excluding hydrogens is 276 g/mol. The fraction of sp³-hybridized carbons (Fsp3) is 0.111. The van der Waals surface area contributed by atoms with Crippen molar-refractivity contribution in [3.05, 3.63) is 64.7 Å². The van der Waals surface area contributed by atoms with Crippen molar-refractivity contribution < 1.29 is 9.90 Å². The van der Waals surface area contributed by atoms with Crippen molar-refractivity contribution >= 4 is 17.7 Å². The van der Waals surface area contributed by atoms with Gasteiger partial charge in [0.2, 0.25) is 0 Å². The second kappa shape index (κ2) is 6.59. The smallest absolute Gasteiger partial charge is 0.266 e. The summed E-state index contributed by atoms with van der Waals surface area (Å²) >= 11 is 0. The number of amides is 1. The molecule has 110 valence electrons. The first kappa shape index (κ1) is 15.3. The molecule has 0 atom stereocenters. The number of aromatic hydroxyl groups is 1. The molecular formula is C18H16N2O2. The van der Waals surface area contributed by atoms with E-state index < -0.39 is 5.91 Å². The predicted octanol–water partition coefficient (Wildman–Crippen LogP) is 3.55. The van der Waals surface area contributed by atoms with Crippen molar-refractivity contribution in [1.82, 2.24) is 0 Å². The highest BCUT2D eigenvalue weighted by Crippen LogP contribution is 2.20. The summed E-state index contributed by atoms with van der Waals surface area (Å²) in [5.41, 5.74) is 3.28. The molecule has 0 unspecified atom stereocenters. The Morgan fingerprint density at radius 2 is 1.73 bits per heavy atom. The Labute approximate surface area is 129 Å². The van der Waals surface area contributed by atoms with Crippen LogP contribution in [0.15, 0.2) is 48.0 Å². The lowest BCUT2D eigenvalue weighted by Crippen LogP contribution is -2.15. The molecule has 0 aliphatic heterocycles. The lowest BCUT2D eigenvalue weighted by atomic mass is 10.1. The Bertz CT molecular complexity index is 748. The Hall–Kier alpha value is -3.06. The largest absolute Gasteiger partial charge is 0.508 e. The number of nitrogens with one attached hydrogen (secondary N) is 1. The van der Waals surface area contributed by atoms with E-state index in [-0.39, 0.29) is 11.3 Å². The minimum absolute atomic E-state index is 0.00772. The van der Waals surface area contributed by atoms with Gasteiger partial charge in [-0.25, -0.2) is 0 Å². The number of aryl methyl sites for hydroxylation is 2. The summed E-state index contributed by atoms with van der Waals surface area (Å²) in [6.07, 6.45) is 1.49. The lowest BCUT2D eigenvalue weighted by molar-refractivity contribution is -0.112. The third-order valence-corrected chi connectivity index (χ3v) is 3.29. The Balaban J connectivity index is 2.26.